The number of carbonyl (C=O) groups excluding carboxylic acids is 1. The molecular formula is C22H39F2NO3. The molecule has 0 radical (unpaired) electrons. The Morgan fingerprint density at radius 3 is 1.43 bits per heavy atom. The molecule has 1 aliphatic rings. The lowest BCUT2D eigenvalue weighted by Crippen LogP contribution is -2.42. The zero-order chi connectivity index (χ0) is 20.7. The van der Waals surface area contributed by atoms with E-state index in [0.717, 1.165) is 38.5 Å². The minimum atomic E-state index is -2.58. The molecule has 0 aromatic rings. The quantitative estimate of drug-likeness (QED) is 0.313. The van der Waals surface area contributed by atoms with Crippen molar-refractivity contribution in [2.75, 3.05) is 13.1 Å². The van der Waals surface area contributed by atoms with Crippen molar-refractivity contribution in [2.24, 2.45) is 0 Å². The van der Waals surface area contributed by atoms with Crippen LogP contribution in [0.5, 0.6) is 0 Å². The summed E-state index contributed by atoms with van der Waals surface area (Å²) in [6, 6.07) is 0. The van der Waals surface area contributed by atoms with E-state index in [9.17, 15) is 18.4 Å². The number of hydrogen-bond donors (Lipinski definition) is 1. The maximum absolute atomic E-state index is 13.1. The number of hydrogen-bond acceptors (Lipinski definition) is 2. The van der Waals surface area contributed by atoms with Gasteiger partial charge in [0.2, 0.25) is 5.91 Å². The Hall–Kier alpha value is -1.20. The molecule has 0 aliphatic carbocycles. The number of nitrogens with zero attached hydrogens (tertiary/aromatic N) is 1. The highest BCUT2D eigenvalue weighted by atomic mass is 19.3. The second kappa shape index (κ2) is 14.7. The van der Waals surface area contributed by atoms with E-state index in [1.54, 1.807) is 4.90 Å². The molecule has 6 heteroatoms. The van der Waals surface area contributed by atoms with Gasteiger partial charge >= 0.3 is 5.97 Å². The molecule has 4 nitrogen and oxygen atoms in total. The first-order valence-electron chi connectivity index (χ1n) is 11.3. The molecule has 0 unspecified atom stereocenters. The number of alkyl halides is 2. The van der Waals surface area contributed by atoms with Gasteiger partial charge in [-0.3, -0.25) is 9.59 Å². The van der Waals surface area contributed by atoms with Gasteiger partial charge in [0.15, 0.2) is 0 Å². The van der Waals surface area contributed by atoms with Gasteiger partial charge in [0.05, 0.1) is 0 Å². The number of amides is 1. The lowest BCUT2D eigenvalue weighted by atomic mass is 10.0. The normalized spacial score (nSPS) is 16.3. The number of likely N-dealkylation sites (tertiary alicyclic amines) is 1. The number of unbranched alkanes of at least 4 members (excludes halogenated alkanes) is 12. The Labute approximate surface area is 169 Å². The van der Waals surface area contributed by atoms with Gasteiger partial charge in [-0.1, -0.05) is 70.6 Å². The second-order valence-electron chi connectivity index (χ2n) is 8.23. The highest BCUT2D eigenvalue weighted by molar-refractivity contribution is 5.76. The highest BCUT2D eigenvalue weighted by Gasteiger charge is 2.35. The van der Waals surface area contributed by atoms with Crippen molar-refractivity contribution in [3.63, 3.8) is 0 Å². The minimum Gasteiger partial charge on any atom is -0.481 e. The van der Waals surface area contributed by atoms with Crippen molar-refractivity contribution in [2.45, 2.75) is 115 Å². The van der Waals surface area contributed by atoms with E-state index in [2.05, 4.69) is 0 Å². The number of aliphatic carboxylic acids is 1. The number of carboxylic acid groups (broad SMARTS) is 1. The third-order valence-corrected chi connectivity index (χ3v) is 5.63. The van der Waals surface area contributed by atoms with Crippen molar-refractivity contribution >= 4 is 11.9 Å². The van der Waals surface area contributed by atoms with Crippen molar-refractivity contribution < 1.29 is 23.5 Å². The molecule has 28 heavy (non-hydrogen) atoms. The van der Waals surface area contributed by atoms with Crippen LogP contribution in [0.3, 0.4) is 0 Å². The molecule has 1 rings (SSSR count). The molecule has 0 bridgehead atoms. The number of piperidine rings is 1. The van der Waals surface area contributed by atoms with Gasteiger partial charge in [-0.15, -0.1) is 0 Å². The van der Waals surface area contributed by atoms with E-state index in [0.29, 0.717) is 12.8 Å². The van der Waals surface area contributed by atoms with Crippen LogP contribution in [0.15, 0.2) is 0 Å². The van der Waals surface area contributed by atoms with Crippen LogP contribution in [0, 0.1) is 0 Å². The van der Waals surface area contributed by atoms with E-state index in [4.69, 9.17) is 5.11 Å². The molecule has 164 valence electrons. The van der Waals surface area contributed by atoms with Crippen LogP contribution < -0.4 is 0 Å². The molecule has 1 aliphatic heterocycles. The number of halogens is 2. The van der Waals surface area contributed by atoms with Crippen LogP contribution in [0.1, 0.15) is 109 Å². The summed E-state index contributed by atoms with van der Waals surface area (Å²) in [4.78, 5) is 24.0. The first-order valence-corrected chi connectivity index (χ1v) is 11.3. The summed E-state index contributed by atoms with van der Waals surface area (Å²) in [5, 5.41) is 8.56. The Balaban J connectivity index is 1.80. The summed E-state index contributed by atoms with van der Waals surface area (Å²) in [6.45, 7) is 0.405. The van der Waals surface area contributed by atoms with Gasteiger partial charge in [0.1, 0.15) is 0 Å². The average molecular weight is 404 g/mol. The summed E-state index contributed by atoms with van der Waals surface area (Å²) < 4.78 is 26.2. The van der Waals surface area contributed by atoms with Crippen molar-refractivity contribution in [1.82, 2.24) is 4.90 Å². The minimum absolute atomic E-state index is 0.0402. The zero-order valence-corrected chi connectivity index (χ0v) is 17.4. The zero-order valence-electron chi connectivity index (χ0n) is 17.4. The molecule has 1 N–H and O–H groups in total. The number of rotatable bonds is 16. The molecule has 0 aromatic carbocycles. The maximum Gasteiger partial charge on any atom is 0.303 e. The Morgan fingerprint density at radius 1 is 0.679 bits per heavy atom. The van der Waals surface area contributed by atoms with Crippen LogP contribution in [0.4, 0.5) is 8.78 Å². The Morgan fingerprint density at radius 2 is 1.04 bits per heavy atom. The fourth-order valence-electron chi connectivity index (χ4n) is 3.74. The summed E-state index contributed by atoms with van der Waals surface area (Å²) in [5.74, 6) is -3.24. The lowest BCUT2D eigenvalue weighted by molar-refractivity contribution is -0.138. The molecule has 1 heterocycles. The summed E-state index contributed by atoms with van der Waals surface area (Å²) in [5.41, 5.74) is 0. The summed E-state index contributed by atoms with van der Waals surface area (Å²) in [7, 11) is 0. The van der Waals surface area contributed by atoms with Crippen molar-refractivity contribution in [1.29, 1.82) is 0 Å². The molecule has 1 saturated heterocycles. The molecular weight excluding hydrogens is 364 g/mol. The first-order chi connectivity index (χ1) is 13.4. The fraction of sp³-hybridized carbons (Fsp3) is 0.909. The third kappa shape index (κ3) is 13.1. The van der Waals surface area contributed by atoms with Crippen LogP contribution >= 0.6 is 0 Å². The predicted molar refractivity (Wildman–Crippen MR) is 108 cm³/mol. The topological polar surface area (TPSA) is 57.6 Å². The SMILES string of the molecule is O=C(O)CCCCCCCCCCCCCCCC(=O)N1CCC(F)(F)CC1. The van der Waals surface area contributed by atoms with Crippen LogP contribution in [-0.4, -0.2) is 40.9 Å². The largest absolute Gasteiger partial charge is 0.481 e. The Bertz CT molecular complexity index is 433. The van der Waals surface area contributed by atoms with E-state index in [1.165, 1.54) is 44.9 Å². The monoisotopic (exact) mass is 403 g/mol. The predicted octanol–water partition coefficient (Wildman–Crippen LogP) is 6.18. The van der Waals surface area contributed by atoms with Crippen LogP contribution in [-0.2, 0) is 9.59 Å². The van der Waals surface area contributed by atoms with Crippen LogP contribution in [0.25, 0.3) is 0 Å². The molecule has 0 saturated carbocycles. The lowest BCUT2D eigenvalue weighted by Gasteiger charge is -2.31. The smallest absolute Gasteiger partial charge is 0.303 e. The van der Waals surface area contributed by atoms with Gasteiger partial charge in [0.25, 0.3) is 5.92 Å². The van der Waals surface area contributed by atoms with E-state index >= 15 is 0 Å². The van der Waals surface area contributed by atoms with E-state index in [1.807, 2.05) is 0 Å². The highest BCUT2D eigenvalue weighted by Crippen LogP contribution is 2.28. The van der Waals surface area contributed by atoms with E-state index in [-0.39, 0.29) is 31.8 Å². The summed E-state index contributed by atoms with van der Waals surface area (Å²) >= 11 is 0. The average Bonchev–Trinajstić information content (AvgIpc) is 2.64. The Kier molecular flexibility index (Phi) is 13.1. The first kappa shape index (κ1) is 24.8. The van der Waals surface area contributed by atoms with Gasteiger partial charge in [0, 0.05) is 38.8 Å². The van der Waals surface area contributed by atoms with E-state index < -0.39 is 11.9 Å². The molecule has 0 atom stereocenters. The van der Waals surface area contributed by atoms with Crippen molar-refractivity contribution in [3.8, 4) is 0 Å². The summed E-state index contributed by atoms with van der Waals surface area (Å²) in [6.07, 6.45) is 15.2. The molecule has 1 amide bonds. The standard InChI is InChI=1S/C22H39F2NO3/c23-22(24)16-18-25(19-17-22)20(26)14-12-10-8-6-4-2-1-3-5-7-9-11-13-15-21(27)28/h1-19H2,(H,27,28). The van der Waals surface area contributed by atoms with Gasteiger partial charge < -0.3 is 10.0 Å². The maximum atomic E-state index is 13.1. The van der Waals surface area contributed by atoms with Gasteiger partial charge in [-0.25, -0.2) is 8.78 Å². The molecule has 0 spiro atoms. The van der Waals surface area contributed by atoms with Crippen LogP contribution in [0.2, 0.25) is 0 Å². The fourth-order valence-corrected chi connectivity index (χ4v) is 3.74. The number of carbonyl (C=O) groups is 2. The van der Waals surface area contributed by atoms with Crippen molar-refractivity contribution in [3.05, 3.63) is 0 Å². The molecule has 1 fully saturated rings. The van der Waals surface area contributed by atoms with Gasteiger partial charge in [-0.2, -0.15) is 0 Å². The third-order valence-electron chi connectivity index (χ3n) is 5.63. The number of carboxylic acids is 1. The molecule has 0 aromatic heterocycles. The second-order valence-corrected chi connectivity index (χ2v) is 8.23. The van der Waals surface area contributed by atoms with Gasteiger partial charge in [-0.05, 0) is 12.8 Å².